The number of hydrogen-bond acceptors (Lipinski definition) is 11. The molecule has 0 aromatic carbocycles. The van der Waals surface area contributed by atoms with Crippen LogP contribution in [0.2, 0.25) is 0 Å². The maximum atomic E-state index is 12.5. The van der Waals surface area contributed by atoms with E-state index in [0.29, 0.717) is 48.5 Å². The third-order valence-corrected chi connectivity index (χ3v) is 5.71. The van der Waals surface area contributed by atoms with E-state index in [2.05, 4.69) is 61.6 Å². The molecule has 37 heavy (non-hydrogen) atoms. The zero-order valence-corrected chi connectivity index (χ0v) is 20.1. The second-order valence-electron chi connectivity index (χ2n) is 8.18. The van der Waals surface area contributed by atoms with Gasteiger partial charge in [0.05, 0.1) is 42.1 Å². The number of aryl methyl sites for hydroxylation is 1. The zero-order valence-electron chi connectivity index (χ0n) is 20.1. The molecule has 0 aliphatic carbocycles. The Balaban J connectivity index is 1.24. The largest absolute Gasteiger partial charge is 0.382 e. The van der Waals surface area contributed by atoms with E-state index >= 15 is 0 Å². The molecule has 1 aliphatic heterocycles. The van der Waals surface area contributed by atoms with Gasteiger partial charge in [0.1, 0.15) is 19.3 Å². The van der Waals surface area contributed by atoms with Crippen LogP contribution in [-0.2, 0) is 11.3 Å². The molecule has 1 saturated heterocycles. The van der Waals surface area contributed by atoms with Gasteiger partial charge in [-0.2, -0.15) is 5.10 Å². The van der Waals surface area contributed by atoms with Crippen LogP contribution in [-0.4, -0.2) is 90.7 Å². The Hall–Kier alpha value is -4.57. The molecule has 0 amide bonds. The topological polar surface area (TPSA) is 124 Å². The van der Waals surface area contributed by atoms with E-state index in [0.717, 1.165) is 12.1 Å². The molecule has 5 heterocycles. The van der Waals surface area contributed by atoms with Gasteiger partial charge in [-0.1, -0.05) is 11.8 Å². The van der Waals surface area contributed by atoms with Crippen molar-refractivity contribution in [2.75, 3.05) is 49.8 Å². The lowest BCUT2D eigenvalue weighted by atomic mass is 10.2. The molecular formula is C24H24FN11O. The van der Waals surface area contributed by atoms with E-state index in [1.165, 1.54) is 17.3 Å². The van der Waals surface area contributed by atoms with E-state index in [-0.39, 0.29) is 12.6 Å². The summed E-state index contributed by atoms with van der Waals surface area (Å²) < 4.78 is 19.4. The minimum Gasteiger partial charge on any atom is -0.382 e. The van der Waals surface area contributed by atoms with Crippen molar-refractivity contribution in [2.24, 2.45) is 0 Å². The Morgan fingerprint density at radius 2 is 1.62 bits per heavy atom. The Morgan fingerprint density at radius 3 is 2.30 bits per heavy atom. The molecule has 4 aromatic heterocycles. The van der Waals surface area contributed by atoms with Gasteiger partial charge in [0.25, 0.3) is 0 Å². The van der Waals surface area contributed by atoms with Crippen molar-refractivity contribution < 1.29 is 9.13 Å². The lowest BCUT2D eigenvalue weighted by Crippen LogP contribution is -2.56. The second kappa shape index (κ2) is 11.4. The fourth-order valence-electron chi connectivity index (χ4n) is 3.94. The van der Waals surface area contributed by atoms with Gasteiger partial charge in [0, 0.05) is 57.7 Å². The SMILES string of the molecule is COCC1CN(c2ncncn2)CCN1c1ncc(C#Cc2cnc(-c3cnn(CCF)c3)nc2)cn1. The van der Waals surface area contributed by atoms with Crippen LogP contribution < -0.4 is 9.80 Å². The molecule has 1 fully saturated rings. The molecule has 12 nitrogen and oxygen atoms in total. The highest BCUT2D eigenvalue weighted by atomic mass is 19.1. The van der Waals surface area contributed by atoms with Crippen molar-refractivity contribution in [3.8, 4) is 23.2 Å². The number of nitrogens with zero attached hydrogens (tertiary/aromatic N) is 11. The van der Waals surface area contributed by atoms with Crippen LogP contribution in [0.1, 0.15) is 11.1 Å². The second-order valence-corrected chi connectivity index (χ2v) is 8.18. The van der Waals surface area contributed by atoms with Crippen molar-refractivity contribution in [1.82, 2.24) is 44.7 Å². The van der Waals surface area contributed by atoms with Gasteiger partial charge in [0.15, 0.2) is 5.82 Å². The number of hydrogen-bond donors (Lipinski definition) is 0. The van der Waals surface area contributed by atoms with Crippen LogP contribution in [0.4, 0.5) is 16.3 Å². The normalized spacial score (nSPS) is 15.4. The molecule has 5 rings (SSSR count). The molecular weight excluding hydrogens is 477 g/mol. The van der Waals surface area contributed by atoms with Crippen LogP contribution in [0.15, 0.2) is 49.8 Å². The van der Waals surface area contributed by atoms with Crippen LogP contribution >= 0.6 is 0 Å². The summed E-state index contributed by atoms with van der Waals surface area (Å²) in [5.41, 5.74) is 2.05. The summed E-state index contributed by atoms with van der Waals surface area (Å²) in [4.78, 5) is 34.4. The molecule has 1 atom stereocenters. The average Bonchev–Trinajstić information content (AvgIpc) is 3.42. The minimum absolute atomic E-state index is 0.0344. The number of methoxy groups -OCH3 is 1. The molecule has 1 aliphatic rings. The maximum Gasteiger partial charge on any atom is 0.228 e. The van der Waals surface area contributed by atoms with E-state index in [9.17, 15) is 4.39 Å². The summed E-state index contributed by atoms with van der Waals surface area (Å²) in [6, 6.07) is 0.0344. The first kappa shape index (κ1) is 24.1. The summed E-state index contributed by atoms with van der Waals surface area (Å²) >= 11 is 0. The number of piperazine rings is 1. The standard InChI is InChI=1S/C24H24FN11O/c1-37-15-21-14-34(23-31-16-26-17-32-23)6-7-36(21)24-29-10-19(11-30-24)3-2-18-8-27-22(28-9-18)20-12-33-35(13-20)5-4-25/h8-13,16-17,21H,4-7,14-15H2,1H3. The minimum atomic E-state index is -0.479. The van der Waals surface area contributed by atoms with Gasteiger partial charge in [-0.05, 0) is 0 Å². The Morgan fingerprint density at radius 1 is 0.919 bits per heavy atom. The van der Waals surface area contributed by atoms with E-state index in [4.69, 9.17) is 4.74 Å². The van der Waals surface area contributed by atoms with Crippen LogP contribution in [0, 0.1) is 11.8 Å². The lowest BCUT2D eigenvalue weighted by Gasteiger charge is -2.41. The molecule has 4 aromatic rings. The van der Waals surface area contributed by atoms with Gasteiger partial charge in [0.2, 0.25) is 11.9 Å². The summed E-state index contributed by atoms with van der Waals surface area (Å²) in [5.74, 6) is 7.85. The maximum absolute atomic E-state index is 12.5. The van der Waals surface area contributed by atoms with E-state index in [1.54, 1.807) is 44.3 Å². The highest BCUT2D eigenvalue weighted by Gasteiger charge is 2.30. The summed E-state index contributed by atoms with van der Waals surface area (Å²) in [6.07, 6.45) is 13.0. The predicted octanol–water partition coefficient (Wildman–Crippen LogP) is 1.03. The quantitative estimate of drug-likeness (QED) is 0.337. The van der Waals surface area contributed by atoms with E-state index < -0.39 is 6.67 Å². The first-order chi connectivity index (χ1) is 18.2. The molecule has 0 saturated carbocycles. The van der Waals surface area contributed by atoms with Crippen molar-refractivity contribution in [1.29, 1.82) is 0 Å². The molecule has 1 unspecified atom stereocenters. The lowest BCUT2D eigenvalue weighted by molar-refractivity contribution is 0.173. The molecule has 13 heteroatoms. The summed E-state index contributed by atoms with van der Waals surface area (Å²) in [6.45, 7) is 2.33. The molecule has 0 bridgehead atoms. The number of rotatable bonds is 7. The Bertz CT molecular complexity index is 1350. The number of aromatic nitrogens is 9. The molecule has 0 radical (unpaired) electrons. The van der Waals surface area contributed by atoms with Gasteiger partial charge < -0.3 is 14.5 Å². The van der Waals surface area contributed by atoms with Gasteiger partial charge in [-0.15, -0.1) is 0 Å². The highest BCUT2D eigenvalue weighted by Crippen LogP contribution is 2.19. The Kier molecular flexibility index (Phi) is 7.47. The van der Waals surface area contributed by atoms with Gasteiger partial charge in [-0.25, -0.2) is 39.3 Å². The van der Waals surface area contributed by atoms with Gasteiger partial charge in [-0.3, -0.25) is 4.68 Å². The number of anilines is 2. The van der Waals surface area contributed by atoms with Gasteiger partial charge >= 0.3 is 0 Å². The smallest absolute Gasteiger partial charge is 0.228 e. The van der Waals surface area contributed by atoms with Crippen molar-refractivity contribution in [3.05, 3.63) is 61.0 Å². The average molecular weight is 502 g/mol. The summed E-state index contributed by atoms with van der Waals surface area (Å²) in [5, 5.41) is 4.09. The highest BCUT2D eigenvalue weighted by molar-refractivity contribution is 5.52. The molecule has 0 N–H and O–H groups in total. The third kappa shape index (κ3) is 5.81. The van der Waals surface area contributed by atoms with E-state index in [1.807, 2.05) is 0 Å². The first-order valence-corrected chi connectivity index (χ1v) is 11.6. The van der Waals surface area contributed by atoms with Crippen LogP contribution in [0.5, 0.6) is 0 Å². The van der Waals surface area contributed by atoms with Crippen LogP contribution in [0.3, 0.4) is 0 Å². The predicted molar refractivity (Wildman–Crippen MR) is 132 cm³/mol. The zero-order chi connectivity index (χ0) is 25.5. The number of halogens is 1. The summed E-state index contributed by atoms with van der Waals surface area (Å²) in [7, 11) is 1.68. The number of alkyl halides is 1. The fraction of sp³-hybridized carbons (Fsp3) is 0.333. The number of ether oxygens (including phenoxy) is 1. The third-order valence-electron chi connectivity index (χ3n) is 5.71. The molecule has 0 spiro atoms. The molecule has 188 valence electrons. The Labute approximate surface area is 212 Å². The fourth-order valence-corrected chi connectivity index (χ4v) is 3.94. The monoisotopic (exact) mass is 501 g/mol. The van der Waals surface area contributed by atoms with Crippen molar-refractivity contribution in [2.45, 2.75) is 12.6 Å². The van der Waals surface area contributed by atoms with Crippen molar-refractivity contribution in [3.63, 3.8) is 0 Å². The van der Waals surface area contributed by atoms with Crippen LogP contribution in [0.25, 0.3) is 11.4 Å². The first-order valence-electron chi connectivity index (χ1n) is 11.6. The van der Waals surface area contributed by atoms with Crippen molar-refractivity contribution >= 4 is 11.9 Å².